The van der Waals surface area contributed by atoms with Crippen LogP contribution in [0.2, 0.25) is 0 Å². The van der Waals surface area contributed by atoms with Crippen molar-refractivity contribution < 1.29 is 4.39 Å². The van der Waals surface area contributed by atoms with E-state index < -0.39 is 0 Å². The molecule has 2 N–H and O–H groups in total. The molecule has 4 aromatic heterocycles. The number of anilines is 1. The maximum atomic E-state index is 14.1. The molecular weight excluding hydrogens is 359 g/mol. The maximum absolute atomic E-state index is 14.1. The van der Waals surface area contributed by atoms with Gasteiger partial charge in [0, 0.05) is 18.8 Å². The summed E-state index contributed by atoms with van der Waals surface area (Å²) in [6, 6.07) is 10.3. The summed E-state index contributed by atoms with van der Waals surface area (Å²) in [5.41, 5.74) is 8.39. The van der Waals surface area contributed by atoms with E-state index in [1.165, 1.54) is 6.07 Å². The standard InChI is InChI=1S/C19H15FN8/c1-27-19-13(9-23-27)16(21)24-17(25-19)15-12-6-4-8-22-18(12)28(26-15)10-11-5-2-3-7-14(11)20/h2-9H,10H2,1H3,(H2,21,24,25). The van der Waals surface area contributed by atoms with Crippen molar-refractivity contribution in [3.05, 3.63) is 60.2 Å². The number of rotatable bonds is 3. The van der Waals surface area contributed by atoms with Gasteiger partial charge in [0.05, 0.1) is 23.5 Å². The molecule has 0 spiro atoms. The van der Waals surface area contributed by atoms with Gasteiger partial charge < -0.3 is 5.73 Å². The first-order valence-corrected chi connectivity index (χ1v) is 8.62. The highest BCUT2D eigenvalue weighted by Crippen LogP contribution is 2.28. The second kappa shape index (κ2) is 6.08. The zero-order valence-corrected chi connectivity index (χ0v) is 14.9. The Morgan fingerprint density at radius 2 is 1.89 bits per heavy atom. The number of pyridine rings is 1. The monoisotopic (exact) mass is 374 g/mol. The van der Waals surface area contributed by atoms with Crippen molar-refractivity contribution in [3.8, 4) is 11.5 Å². The van der Waals surface area contributed by atoms with E-state index in [1.54, 1.807) is 47.0 Å². The summed E-state index contributed by atoms with van der Waals surface area (Å²) >= 11 is 0. The lowest BCUT2D eigenvalue weighted by atomic mass is 10.2. The van der Waals surface area contributed by atoms with Gasteiger partial charge in [-0.15, -0.1) is 0 Å². The number of hydrogen-bond donors (Lipinski definition) is 1. The van der Waals surface area contributed by atoms with Crippen molar-refractivity contribution in [3.63, 3.8) is 0 Å². The number of nitrogen functional groups attached to an aromatic ring is 1. The van der Waals surface area contributed by atoms with Crippen LogP contribution in [0.4, 0.5) is 10.2 Å². The number of aryl methyl sites for hydroxylation is 1. The van der Waals surface area contributed by atoms with E-state index in [4.69, 9.17) is 5.73 Å². The Bertz CT molecular complexity index is 1340. The van der Waals surface area contributed by atoms with E-state index in [0.29, 0.717) is 39.6 Å². The Morgan fingerprint density at radius 1 is 1.04 bits per heavy atom. The van der Waals surface area contributed by atoms with Crippen LogP contribution >= 0.6 is 0 Å². The van der Waals surface area contributed by atoms with Gasteiger partial charge in [0.1, 0.15) is 17.3 Å². The van der Waals surface area contributed by atoms with Crippen LogP contribution < -0.4 is 5.73 Å². The van der Waals surface area contributed by atoms with E-state index in [0.717, 1.165) is 5.39 Å². The minimum atomic E-state index is -0.291. The van der Waals surface area contributed by atoms with Crippen molar-refractivity contribution in [2.75, 3.05) is 5.73 Å². The summed E-state index contributed by atoms with van der Waals surface area (Å²) in [5, 5.41) is 10.3. The van der Waals surface area contributed by atoms with Crippen molar-refractivity contribution >= 4 is 27.9 Å². The zero-order valence-electron chi connectivity index (χ0n) is 14.9. The van der Waals surface area contributed by atoms with Crippen molar-refractivity contribution in [1.29, 1.82) is 0 Å². The molecule has 0 saturated heterocycles. The minimum Gasteiger partial charge on any atom is -0.383 e. The van der Waals surface area contributed by atoms with E-state index in [1.807, 2.05) is 12.1 Å². The van der Waals surface area contributed by atoms with Gasteiger partial charge in [-0.25, -0.2) is 24.0 Å². The first-order valence-electron chi connectivity index (χ1n) is 8.62. The Labute approximate surface area is 158 Å². The van der Waals surface area contributed by atoms with Gasteiger partial charge in [-0.2, -0.15) is 10.2 Å². The van der Waals surface area contributed by atoms with E-state index in [9.17, 15) is 4.39 Å². The van der Waals surface area contributed by atoms with Gasteiger partial charge in [0.2, 0.25) is 0 Å². The summed E-state index contributed by atoms with van der Waals surface area (Å²) in [5.74, 6) is 0.410. The lowest BCUT2D eigenvalue weighted by Crippen LogP contribution is -2.05. The molecule has 0 aliphatic rings. The largest absolute Gasteiger partial charge is 0.383 e. The van der Waals surface area contributed by atoms with Crippen LogP contribution in [0.5, 0.6) is 0 Å². The summed E-state index contributed by atoms with van der Waals surface area (Å²) in [6.45, 7) is 0.240. The van der Waals surface area contributed by atoms with Gasteiger partial charge in [-0.3, -0.25) is 4.68 Å². The predicted molar refractivity (Wildman–Crippen MR) is 103 cm³/mol. The SMILES string of the molecule is Cn1ncc2c(N)nc(-c3nn(Cc4ccccc4F)c4ncccc34)nc21. The maximum Gasteiger partial charge on any atom is 0.184 e. The fourth-order valence-corrected chi connectivity index (χ4v) is 3.22. The first-order chi connectivity index (χ1) is 13.6. The van der Waals surface area contributed by atoms with Crippen LogP contribution in [-0.4, -0.2) is 34.5 Å². The molecule has 0 fully saturated rings. The zero-order chi connectivity index (χ0) is 19.3. The summed E-state index contributed by atoms with van der Waals surface area (Å²) in [4.78, 5) is 13.4. The predicted octanol–water partition coefficient (Wildman–Crippen LogP) is 2.54. The summed E-state index contributed by atoms with van der Waals surface area (Å²) < 4.78 is 17.4. The minimum absolute atomic E-state index is 0.240. The highest BCUT2D eigenvalue weighted by molar-refractivity contribution is 5.92. The number of nitrogens with zero attached hydrogens (tertiary/aromatic N) is 7. The Morgan fingerprint density at radius 3 is 2.75 bits per heavy atom. The van der Waals surface area contributed by atoms with Crippen molar-refractivity contribution in [2.45, 2.75) is 6.54 Å². The van der Waals surface area contributed by atoms with Gasteiger partial charge in [-0.05, 0) is 18.2 Å². The number of fused-ring (bicyclic) bond motifs is 2. The Hall–Kier alpha value is -3.88. The molecule has 0 unspecified atom stereocenters. The summed E-state index contributed by atoms with van der Waals surface area (Å²) in [7, 11) is 1.79. The summed E-state index contributed by atoms with van der Waals surface area (Å²) in [6.07, 6.45) is 3.30. The van der Waals surface area contributed by atoms with Crippen LogP contribution in [0.3, 0.4) is 0 Å². The lowest BCUT2D eigenvalue weighted by molar-refractivity contribution is 0.589. The lowest BCUT2D eigenvalue weighted by Gasteiger charge is -2.04. The highest BCUT2D eigenvalue weighted by Gasteiger charge is 2.19. The number of halogens is 1. The van der Waals surface area contributed by atoms with Gasteiger partial charge in [0.15, 0.2) is 17.1 Å². The molecule has 1 aromatic carbocycles. The normalized spacial score (nSPS) is 11.5. The third-order valence-electron chi connectivity index (χ3n) is 4.62. The number of hydrogen-bond acceptors (Lipinski definition) is 6. The smallest absolute Gasteiger partial charge is 0.184 e. The molecule has 9 heteroatoms. The van der Waals surface area contributed by atoms with Gasteiger partial charge >= 0.3 is 0 Å². The molecule has 0 bridgehead atoms. The molecule has 0 atom stereocenters. The van der Waals surface area contributed by atoms with E-state index in [-0.39, 0.29) is 12.4 Å². The molecule has 138 valence electrons. The number of benzene rings is 1. The molecule has 4 heterocycles. The molecular formula is C19H15FN8. The third-order valence-corrected chi connectivity index (χ3v) is 4.62. The molecule has 8 nitrogen and oxygen atoms in total. The van der Waals surface area contributed by atoms with Gasteiger partial charge in [-0.1, -0.05) is 18.2 Å². The Balaban J connectivity index is 1.71. The first kappa shape index (κ1) is 16.3. The van der Waals surface area contributed by atoms with Crippen LogP contribution in [-0.2, 0) is 13.6 Å². The number of nitrogens with two attached hydrogens (primary N) is 1. The molecule has 0 aliphatic carbocycles. The molecule has 5 rings (SSSR count). The topological polar surface area (TPSA) is 100 Å². The second-order valence-corrected chi connectivity index (χ2v) is 6.41. The molecule has 0 amide bonds. The average Bonchev–Trinajstić information content (AvgIpc) is 3.25. The average molecular weight is 374 g/mol. The fraction of sp³-hybridized carbons (Fsp3) is 0.105. The quantitative estimate of drug-likeness (QED) is 0.521. The van der Waals surface area contributed by atoms with Gasteiger partial charge in [0.25, 0.3) is 0 Å². The molecule has 0 aliphatic heterocycles. The molecule has 28 heavy (non-hydrogen) atoms. The van der Waals surface area contributed by atoms with E-state index >= 15 is 0 Å². The highest BCUT2D eigenvalue weighted by atomic mass is 19.1. The molecule has 5 aromatic rings. The Kier molecular flexibility index (Phi) is 3.54. The van der Waals surface area contributed by atoms with Crippen molar-refractivity contribution in [2.24, 2.45) is 7.05 Å². The third kappa shape index (κ3) is 2.48. The molecule has 0 radical (unpaired) electrons. The molecule has 0 saturated carbocycles. The van der Waals surface area contributed by atoms with Crippen LogP contribution in [0.15, 0.2) is 48.8 Å². The van der Waals surface area contributed by atoms with Crippen LogP contribution in [0.1, 0.15) is 5.56 Å². The number of aromatic nitrogens is 7. The van der Waals surface area contributed by atoms with Crippen LogP contribution in [0, 0.1) is 5.82 Å². The van der Waals surface area contributed by atoms with Crippen LogP contribution in [0.25, 0.3) is 33.6 Å². The van der Waals surface area contributed by atoms with Crippen molar-refractivity contribution in [1.82, 2.24) is 34.5 Å². The van der Waals surface area contributed by atoms with E-state index in [2.05, 4.69) is 25.1 Å². The second-order valence-electron chi connectivity index (χ2n) is 6.41. The fourth-order valence-electron chi connectivity index (χ4n) is 3.22.